The van der Waals surface area contributed by atoms with Gasteiger partial charge in [-0.25, -0.2) is 9.97 Å². The molecule has 0 unspecified atom stereocenters. The van der Waals surface area contributed by atoms with Crippen molar-refractivity contribution in [3.63, 3.8) is 0 Å². The maximum Gasteiger partial charge on any atom is 0.278 e. The standard InChI is InChI=1S/C21H21N5O4S/c1-26-12-6-9-19(26)31(27,28)25-21-20(22-15-7-4-5-8-16(15)23-21)24-17-13-14(29-2)10-11-18(17)30-3/h4-13H,1-3H3,(H,22,24)(H,23,25). The number of rotatable bonds is 7. The van der Waals surface area contributed by atoms with Crippen molar-refractivity contribution in [1.82, 2.24) is 14.5 Å². The average molecular weight is 439 g/mol. The largest absolute Gasteiger partial charge is 0.497 e. The highest BCUT2D eigenvalue weighted by Crippen LogP contribution is 2.34. The van der Waals surface area contributed by atoms with Gasteiger partial charge in [0, 0.05) is 19.3 Å². The predicted molar refractivity (Wildman–Crippen MR) is 119 cm³/mol. The van der Waals surface area contributed by atoms with Crippen LogP contribution in [0.1, 0.15) is 0 Å². The lowest BCUT2D eigenvalue weighted by Gasteiger charge is -2.16. The highest BCUT2D eigenvalue weighted by molar-refractivity contribution is 7.92. The van der Waals surface area contributed by atoms with Crippen molar-refractivity contribution in [2.75, 3.05) is 24.3 Å². The molecule has 0 aliphatic carbocycles. The highest BCUT2D eigenvalue weighted by atomic mass is 32.2. The Bertz CT molecular complexity index is 1350. The minimum absolute atomic E-state index is 0.0600. The van der Waals surface area contributed by atoms with Crippen LogP contribution in [0.15, 0.2) is 65.8 Å². The summed E-state index contributed by atoms with van der Waals surface area (Å²) in [5, 5.41) is 3.23. The zero-order valence-electron chi connectivity index (χ0n) is 17.2. The first-order chi connectivity index (χ1) is 14.9. The van der Waals surface area contributed by atoms with E-state index in [4.69, 9.17) is 9.47 Å². The molecule has 0 saturated heterocycles. The Kier molecular flexibility index (Phi) is 5.38. The van der Waals surface area contributed by atoms with Crippen molar-refractivity contribution in [3.8, 4) is 11.5 Å². The molecule has 160 valence electrons. The maximum absolute atomic E-state index is 13.0. The summed E-state index contributed by atoms with van der Waals surface area (Å²) in [5.41, 5.74) is 1.70. The van der Waals surface area contributed by atoms with E-state index in [0.29, 0.717) is 28.2 Å². The smallest absolute Gasteiger partial charge is 0.278 e. The van der Waals surface area contributed by atoms with Crippen LogP contribution in [0.25, 0.3) is 11.0 Å². The molecule has 2 N–H and O–H groups in total. The first-order valence-corrected chi connectivity index (χ1v) is 10.8. The number of benzene rings is 2. The van der Waals surface area contributed by atoms with Crippen LogP contribution in [-0.4, -0.2) is 37.2 Å². The monoisotopic (exact) mass is 439 g/mol. The van der Waals surface area contributed by atoms with Gasteiger partial charge in [-0.3, -0.25) is 4.72 Å². The van der Waals surface area contributed by atoms with Gasteiger partial charge in [-0.15, -0.1) is 0 Å². The van der Waals surface area contributed by atoms with Gasteiger partial charge in [0.1, 0.15) is 11.5 Å². The van der Waals surface area contributed by atoms with Crippen LogP contribution >= 0.6 is 0 Å². The summed E-state index contributed by atoms with van der Waals surface area (Å²) < 4.78 is 40.7. The summed E-state index contributed by atoms with van der Waals surface area (Å²) in [6.45, 7) is 0. The summed E-state index contributed by atoms with van der Waals surface area (Å²) in [5.74, 6) is 1.42. The molecule has 0 saturated carbocycles. The van der Waals surface area contributed by atoms with Crippen LogP contribution in [-0.2, 0) is 17.1 Å². The Hall–Kier alpha value is -3.79. The van der Waals surface area contributed by atoms with E-state index < -0.39 is 10.0 Å². The first-order valence-electron chi connectivity index (χ1n) is 9.31. The maximum atomic E-state index is 13.0. The second-order valence-electron chi connectivity index (χ2n) is 6.66. The highest BCUT2D eigenvalue weighted by Gasteiger charge is 2.21. The molecule has 4 rings (SSSR count). The van der Waals surface area contributed by atoms with E-state index in [1.54, 1.807) is 56.8 Å². The molecule has 0 bridgehead atoms. The van der Waals surface area contributed by atoms with Crippen molar-refractivity contribution in [2.24, 2.45) is 7.05 Å². The molecule has 0 radical (unpaired) electrons. The van der Waals surface area contributed by atoms with Crippen LogP contribution < -0.4 is 19.5 Å². The third-order valence-electron chi connectivity index (χ3n) is 4.63. The summed E-state index contributed by atoms with van der Waals surface area (Å²) >= 11 is 0. The predicted octanol–water partition coefficient (Wildman–Crippen LogP) is 3.53. The molecule has 4 aromatic rings. The molecule has 10 heteroatoms. The summed E-state index contributed by atoms with van der Waals surface area (Å²) in [6.07, 6.45) is 1.65. The van der Waals surface area contributed by atoms with E-state index in [1.165, 1.54) is 17.7 Å². The number of sulfonamides is 1. The molecule has 0 atom stereocenters. The number of ether oxygens (including phenoxy) is 2. The van der Waals surface area contributed by atoms with Gasteiger partial charge in [-0.05, 0) is 36.4 Å². The lowest BCUT2D eigenvalue weighted by atomic mass is 10.2. The third kappa shape index (κ3) is 4.10. The molecular weight excluding hydrogens is 418 g/mol. The van der Waals surface area contributed by atoms with Crippen molar-refractivity contribution >= 4 is 38.4 Å². The minimum atomic E-state index is -3.90. The van der Waals surface area contributed by atoms with Crippen molar-refractivity contribution in [1.29, 1.82) is 0 Å². The van der Waals surface area contributed by atoms with Gasteiger partial charge in [0.15, 0.2) is 16.7 Å². The van der Waals surface area contributed by atoms with Crippen molar-refractivity contribution in [2.45, 2.75) is 5.03 Å². The van der Waals surface area contributed by atoms with Gasteiger partial charge >= 0.3 is 0 Å². The lowest BCUT2D eigenvalue weighted by molar-refractivity contribution is 0.405. The Balaban J connectivity index is 1.82. The van der Waals surface area contributed by atoms with E-state index in [9.17, 15) is 8.42 Å². The summed E-state index contributed by atoms with van der Waals surface area (Å²) in [6, 6.07) is 15.6. The molecule has 0 spiro atoms. The normalized spacial score (nSPS) is 11.3. The van der Waals surface area contributed by atoms with Gasteiger partial charge in [0.25, 0.3) is 10.0 Å². The quantitative estimate of drug-likeness (QED) is 0.454. The number of hydrogen-bond acceptors (Lipinski definition) is 7. The van der Waals surface area contributed by atoms with Gasteiger partial charge in [0.2, 0.25) is 0 Å². The number of para-hydroxylation sites is 2. The fraction of sp³-hybridized carbons (Fsp3) is 0.143. The zero-order valence-corrected chi connectivity index (χ0v) is 18.0. The number of anilines is 3. The molecule has 0 aliphatic heterocycles. The van der Waals surface area contributed by atoms with Crippen molar-refractivity contribution < 1.29 is 17.9 Å². The summed E-state index contributed by atoms with van der Waals surface area (Å²) in [7, 11) is 0.852. The summed E-state index contributed by atoms with van der Waals surface area (Å²) in [4.78, 5) is 9.08. The molecule has 2 heterocycles. The van der Waals surface area contributed by atoms with Crippen LogP contribution in [0.2, 0.25) is 0 Å². The molecule has 0 amide bonds. The van der Waals surface area contributed by atoms with E-state index in [0.717, 1.165) is 0 Å². The number of nitrogens with zero attached hydrogens (tertiary/aromatic N) is 3. The average Bonchev–Trinajstić information content (AvgIpc) is 3.21. The number of fused-ring (bicyclic) bond motifs is 1. The number of hydrogen-bond donors (Lipinski definition) is 2. The fourth-order valence-corrected chi connectivity index (χ4v) is 4.30. The number of methoxy groups -OCH3 is 2. The Labute approximate surface area is 179 Å². The van der Waals surface area contributed by atoms with Gasteiger partial charge in [-0.1, -0.05) is 12.1 Å². The lowest BCUT2D eigenvalue weighted by Crippen LogP contribution is -2.18. The van der Waals surface area contributed by atoms with E-state index in [-0.39, 0.29) is 16.7 Å². The zero-order chi connectivity index (χ0) is 22.0. The molecular formula is C21H21N5O4S. The van der Waals surface area contributed by atoms with E-state index in [2.05, 4.69) is 20.0 Å². The fourth-order valence-electron chi connectivity index (χ4n) is 3.10. The van der Waals surface area contributed by atoms with Gasteiger partial charge < -0.3 is 19.4 Å². The van der Waals surface area contributed by atoms with E-state index >= 15 is 0 Å². The van der Waals surface area contributed by atoms with Gasteiger partial charge in [0.05, 0.1) is 30.9 Å². The molecule has 2 aromatic heterocycles. The third-order valence-corrected chi connectivity index (χ3v) is 6.07. The minimum Gasteiger partial charge on any atom is -0.497 e. The second-order valence-corrected chi connectivity index (χ2v) is 8.29. The van der Waals surface area contributed by atoms with Crippen LogP contribution in [0.3, 0.4) is 0 Å². The number of aromatic nitrogens is 3. The topological polar surface area (TPSA) is 107 Å². The van der Waals surface area contributed by atoms with Gasteiger partial charge in [-0.2, -0.15) is 8.42 Å². The number of nitrogens with one attached hydrogen (secondary N) is 2. The Morgan fingerprint density at radius 3 is 2.23 bits per heavy atom. The van der Waals surface area contributed by atoms with E-state index in [1.807, 2.05) is 12.1 Å². The van der Waals surface area contributed by atoms with Crippen LogP contribution in [0, 0.1) is 0 Å². The molecule has 0 aliphatic rings. The Morgan fingerprint density at radius 1 is 0.903 bits per heavy atom. The molecule has 2 aromatic carbocycles. The second kappa shape index (κ2) is 8.15. The van der Waals surface area contributed by atoms with Crippen LogP contribution in [0.4, 0.5) is 17.3 Å². The molecule has 31 heavy (non-hydrogen) atoms. The Morgan fingerprint density at radius 2 is 1.61 bits per heavy atom. The first kappa shape index (κ1) is 20.5. The number of aryl methyl sites for hydroxylation is 1. The molecule has 0 fully saturated rings. The SMILES string of the molecule is COc1ccc(OC)c(Nc2nc3ccccc3nc2NS(=O)(=O)c2cccn2C)c1. The van der Waals surface area contributed by atoms with Crippen LogP contribution in [0.5, 0.6) is 11.5 Å². The van der Waals surface area contributed by atoms with Crippen molar-refractivity contribution in [3.05, 3.63) is 60.8 Å². The molecule has 9 nitrogen and oxygen atoms in total.